The van der Waals surface area contributed by atoms with Crippen LogP contribution in [0.4, 0.5) is 0 Å². The van der Waals surface area contributed by atoms with E-state index < -0.39 is 0 Å². The van der Waals surface area contributed by atoms with Gasteiger partial charge in [-0.1, -0.05) is 18.2 Å². The molecule has 0 spiro atoms. The molecule has 1 aromatic carbocycles. The van der Waals surface area contributed by atoms with Crippen molar-refractivity contribution >= 4 is 11.8 Å². The van der Waals surface area contributed by atoms with Gasteiger partial charge in [0.15, 0.2) is 0 Å². The molecule has 16 heavy (non-hydrogen) atoms. The average Bonchev–Trinajstić information content (AvgIpc) is 3.01. The lowest BCUT2D eigenvalue weighted by Crippen LogP contribution is -2.30. The van der Waals surface area contributed by atoms with Gasteiger partial charge in [-0.2, -0.15) is 0 Å². The van der Waals surface area contributed by atoms with E-state index in [9.17, 15) is 5.11 Å². The summed E-state index contributed by atoms with van der Waals surface area (Å²) in [5, 5.41) is 12.9. The van der Waals surface area contributed by atoms with Crippen LogP contribution in [0.15, 0.2) is 29.2 Å². The molecule has 0 bridgehead atoms. The summed E-state index contributed by atoms with van der Waals surface area (Å²) in [7, 11) is 0. The molecule has 3 rings (SSSR count). The molecule has 1 unspecified atom stereocenters. The monoisotopic (exact) mass is 235 g/mol. The maximum atomic E-state index is 9.28. The van der Waals surface area contributed by atoms with Crippen LogP contribution in [0.25, 0.3) is 0 Å². The van der Waals surface area contributed by atoms with E-state index in [1.54, 1.807) is 0 Å². The van der Waals surface area contributed by atoms with E-state index in [1.807, 2.05) is 11.8 Å². The first-order valence-electron chi connectivity index (χ1n) is 5.89. The van der Waals surface area contributed by atoms with Gasteiger partial charge in [0.25, 0.3) is 0 Å². The highest BCUT2D eigenvalue weighted by Gasteiger charge is 2.42. The fraction of sp³-hybridized carbons (Fsp3) is 0.538. The molecule has 0 radical (unpaired) electrons. The number of fused-ring (bicyclic) bond motifs is 1. The SMILES string of the molecule is OCC1(CNC2CSc3ccccc32)CC1. The Bertz CT molecular complexity index is 389. The first kappa shape index (κ1) is 10.6. The molecule has 0 amide bonds. The third kappa shape index (κ3) is 1.88. The predicted octanol–water partition coefficient (Wildman–Crippen LogP) is 2.20. The number of rotatable bonds is 4. The molecular weight excluding hydrogens is 218 g/mol. The number of aliphatic hydroxyl groups is 1. The van der Waals surface area contributed by atoms with E-state index in [0.29, 0.717) is 12.6 Å². The van der Waals surface area contributed by atoms with E-state index in [4.69, 9.17) is 0 Å². The van der Waals surface area contributed by atoms with Gasteiger partial charge in [0.05, 0.1) is 0 Å². The van der Waals surface area contributed by atoms with Crippen molar-refractivity contribution in [3.63, 3.8) is 0 Å². The summed E-state index contributed by atoms with van der Waals surface area (Å²) in [5.74, 6) is 1.13. The van der Waals surface area contributed by atoms with Crippen molar-refractivity contribution in [1.82, 2.24) is 5.32 Å². The van der Waals surface area contributed by atoms with Crippen molar-refractivity contribution in [2.24, 2.45) is 5.41 Å². The van der Waals surface area contributed by atoms with Gasteiger partial charge in [-0.3, -0.25) is 0 Å². The summed E-state index contributed by atoms with van der Waals surface area (Å²) >= 11 is 1.93. The van der Waals surface area contributed by atoms with Crippen LogP contribution in [0, 0.1) is 5.41 Å². The Kier molecular flexibility index (Phi) is 2.70. The van der Waals surface area contributed by atoms with E-state index in [1.165, 1.54) is 23.3 Å². The highest BCUT2D eigenvalue weighted by atomic mass is 32.2. The minimum Gasteiger partial charge on any atom is -0.396 e. The second-order valence-electron chi connectivity index (χ2n) is 4.94. The molecule has 2 N–H and O–H groups in total. The molecule has 1 aliphatic carbocycles. The van der Waals surface area contributed by atoms with Gasteiger partial charge < -0.3 is 10.4 Å². The topological polar surface area (TPSA) is 32.3 Å². The lowest BCUT2D eigenvalue weighted by atomic mass is 10.1. The Hall–Kier alpha value is -0.510. The second kappa shape index (κ2) is 4.06. The summed E-state index contributed by atoms with van der Waals surface area (Å²) in [4.78, 5) is 1.41. The first-order valence-corrected chi connectivity index (χ1v) is 6.88. The van der Waals surface area contributed by atoms with Crippen molar-refractivity contribution < 1.29 is 5.11 Å². The molecule has 1 fully saturated rings. The Morgan fingerprint density at radius 1 is 1.38 bits per heavy atom. The van der Waals surface area contributed by atoms with Gasteiger partial charge in [0.1, 0.15) is 0 Å². The maximum absolute atomic E-state index is 9.28. The largest absolute Gasteiger partial charge is 0.396 e. The van der Waals surface area contributed by atoms with Crippen LogP contribution in [0.5, 0.6) is 0 Å². The van der Waals surface area contributed by atoms with Gasteiger partial charge in [0.2, 0.25) is 0 Å². The van der Waals surface area contributed by atoms with Gasteiger partial charge in [0, 0.05) is 35.3 Å². The fourth-order valence-corrected chi connectivity index (χ4v) is 3.43. The van der Waals surface area contributed by atoms with Gasteiger partial charge >= 0.3 is 0 Å². The normalized spacial score (nSPS) is 25.4. The van der Waals surface area contributed by atoms with Crippen molar-refractivity contribution in [2.75, 3.05) is 18.9 Å². The van der Waals surface area contributed by atoms with E-state index >= 15 is 0 Å². The zero-order valence-corrected chi connectivity index (χ0v) is 10.1. The first-order chi connectivity index (χ1) is 7.83. The summed E-state index contributed by atoms with van der Waals surface area (Å²) in [6.07, 6.45) is 2.36. The van der Waals surface area contributed by atoms with Crippen LogP contribution in [0.1, 0.15) is 24.4 Å². The zero-order chi connectivity index (χ0) is 11.0. The van der Waals surface area contributed by atoms with Crippen LogP contribution in [-0.2, 0) is 0 Å². The molecule has 2 aliphatic rings. The molecule has 1 aromatic rings. The molecule has 0 saturated heterocycles. The van der Waals surface area contributed by atoms with E-state index in [0.717, 1.165) is 12.3 Å². The maximum Gasteiger partial charge on any atom is 0.0499 e. The molecule has 2 nitrogen and oxygen atoms in total. The molecule has 3 heteroatoms. The highest BCUT2D eigenvalue weighted by Crippen LogP contribution is 2.45. The molecule has 86 valence electrons. The van der Waals surface area contributed by atoms with Crippen molar-refractivity contribution in [3.8, 4) is 0 Å². The second-order valence-corrected chi connectivity index (χ2v) is 6.00. The van der Waals surface area contributed by atoms with Gasteiger partial charge in [-0.25, -0.2) is 0 Å². The molecular formula is C13H17NOS. The van der Waals surface area contributed by atoms with E-state index in [-0.39, 0.29) is 5.41 Å². The number of aliphatic hydroxyl groups excluding tert-OH is 1. The smallest absolute Gasteiger partial charge is 0.0499 e. The zero-order valence-electron chi connectivity index (χ0n) is 9.28. The number of thioether (sulfide) groups is 1. The summed E-state index contributed by atoms with van der Waals surface area (Å²) in [6, 6.07) is 9.10. The fourth-order valence-electron chi connectivity index (χ4n) is 2.24. The minimum atomic E-state index is 0.211. The molecule has 1 aliphatic heterocycles. The molecule has 1 atom stereocenters. The third-order valence-corrected chi connectivity index (χ3v) is 4.90. The molecule has 0 aromatic heterocycles. The standard InChI is InChI=1S/C13H17NOS/c15-9-13(5-6-13)8-14-11-7-16-12-4-2-1-3-10(11)12/h1-4,11,14-15H,5-9H2. The van der Waals surface area contributed by atoms with Crippen molar-refractivity contribution in [2.45, 2.75) is 23.8 Å². The number of hydrogen-bond donors (Lipinski definition) is 2. The van der Waals surface area contributed by atoms with Crippen molar-refractivity contribution in [1.29, 1.82) is 0 Å². The lowest BCUT2D eigenvalue weighted by molar-refractivity contribution is 0.205. The van der Waals surface area contributed by atoms with Crippen LogP contribution in [0.2, 0.25) is 0 Å². The van der Waals surface area contributed by atoms with Gasteiger partial charge in [-0.15, -0.1) is 11.8 Å². The average molecular weight is 235 g/mol. The quantitative estimate of drug-likeness (QED) is 0.839. The minimum absolute atomic E-state index is 0.211. The predicted molar refractivity (Wildman–Crippen MR) is 66.7 cm³/mol. The summed E-state index contributed by atoms with van der Waals surface area (Å²) in [6.45, 7) is 1.30. The Labute approximate surface area is 100 Å². The Morgan fingerprint density at radius 2 is 2.19 bits per heavy atom. The summed E-state index contributed by atoms with van der Waals surface area (Å²) < 4.78 is 0. The molecule has 1 heterocycles. The van der Waals surface area contributed by atoms with Crippen LogP contribution in [0.3, 0.4) is 0 Å². The van der Waals surface area contributed by atoms with Gasteiger partial charge in [-0.05, 0) is 24.5 Å². The number of hydrogen-bond acceptors (Lipinski definition) is 3. The van der Waals surface area contributed by atoms with Crippen molar-refractivity contribution in [3.05, 3.63) is 29.8 Å². The van der Waals surface area contributed by atoms with Crippen LogP contribution < -0.4 is 5.32 Å². The van der Waals surface area contributed by atoms with E-state index in [2.05, 4.69) is 29.6 Å². The summed E-state index contributed by atoms with van der Waals surface area (Å²) in [5.41, 5.74) is 1.64. The highest BCUT2D eigenvalue weighted by molar-refractivity contribution is 7.99. The third-order valence-electron chi connectivity index (χ3n) is 3.72. The Balaban J connectivity index is 1.65. The molecule has 1 saturated carbocycles. The Morgan fingerprint density at radius 3 is 2.94 bits per heavy atom. The number of benzene rings is 1. The lowest BCUT2D eigenvalue weighted by Gasteiger charge is -2.18. The van der Waals surface area contributed by atoms with Crippen LogP contribution in [-0.4, -0.2) is 24.0 Å². The van der Waals surface area contributed by atoms with Crippen LogP contribution >= 0.6 is 11.8 Å². The number of nitrogens with one attached hydrogen (secondary N) is 1.